The Labute approximate surface area is 115 Å². The van der Waals surface area contributed by atoms with Crippen molar-refractivity contribution in [3.8, 4) is 11.8 Å². The zero-order chi connectivity index (χ0) is 13.7. The van der Waals surface area contributed by atoms with E-state index in [2.05, 4.69) is 17.2 Å². The van der Waals surface area contributed by atoms with Crippen LogP contribution in [0.15, 0.2) is 18.2 Å². The highest BCUT2D eigenvalue weighted by Crippen LogP contribution is 2.25. The van der Waals surface area contributed by atoms with Gasteiger partial charge in [0.1, 0.15) is 12.4 Å². The lowest BCUT2D eigenvalue weighted by molar-refractivity contribution is -0.119. The number of benzene rings is 1. The SMILES string of the molecule is O=C(Nc1ccc(F)c(C#CCO)c1)C1CCSC1. The number of rotatable bonds is 2. The van der Waals surface area contributed by atoms with Crippen LogP contribution in [0.5, 0.6) is 0 Å². The fourth-order valence-corrected chi connectivity index (χ4v) is 3.04. The molecule has 1 aromatic carbocycles. The van der Waals surface area contributed by atoms with Crippen molar-refractivity contribution in [1.82, 2.24) is 0 Å². The van der Waals surface area contributed by atoms with Crippen LogP contribution < -0.4 is 5.32 Å². The number of anilines is 1. The molecular formula is C14H14FNO2S. The van der Waals surface area contributed by atoms with Gasteiger partial charge in [-0.05, 0) is 30.4 Å². The molecule has 0 aromatic heterocycles. The summed E-state index contributed by atoms with van der Waals surface area (Å²) in [5.74, 6) is 6.29. The number of thioether (sulfide) groups is 1. The summed E-state index contributed by atoms with van der Waals surface area (Å²) in [6.07, 6.45) is 0.884. The number of amides is 1. The van der Waals surface area contributed by atoms with E-state index in [1.807, 2.05) is 0 Å². The maximum absolute atomic E-state index is 13.4. The Morgan fingerprint density at radius 2 is 2.42 bits per heavy atom. The van der Waals surface area contributed by atoms with E-state index in [1.54, 1.807) is 11.8 Å². The van der Waals surface area contributed by atoms with Gasteiger partial charge in [-0.2, -0.15) is 11.8 Å². The molecule has 1 heterocycles. The fraction of sp³-hybridized carbons (Fsp3) is 0.357. The van der Waals surface area contributed by atoms with Crippen molar-refractivity contribution >= 4 is 23.4 Å². The Kier molecular flexibility index (Phi) is 4.83. The second-order valence-electron chi connectivity index (χ2n) is 4.20. The molecule has 1 amide bonds. The second kappa shape index (κ2) is 6.60. The van der Waals surface area contributed by atoms with Gasteiger partial charge in [0.15, 0.2) is 0 Å². The molecule has 19 heavy (non-hydrogen) atoms. The van der Waals surface area contributed by atoms with Crippen LogP contribution in [0.25, 0.3) is 0 Å². The van der Waals surface area contributed by atoms with Gasteiger partial charge in [0.05, 0.1) is 5.56 Å². The molecule has 2 N–H and O–H groups in total. The third-order valence-corrected chi connectivity index (χ3v) is 4.00. The summed E-state index contributed by atoms with van der Waals surface area (Å²) < 4.78 is 13.4. The zero-order valence-corrected chi connectivity index (χ0v) is 11.1. The van der Waals surface area contributed by atoms with Crippen molar-refractivity contribution < 1.29 is 14.3 Å². The Morgan fingerprint density at radius 3 is 3.11 bits per heavy atom. The Balaban J connectivity index is 2.10. The first kappa shape index (κ1) is 13.9. The van der Waals surface area contributed by atoms with Crippen molar-refractivity contribution in [1.29, 1.82) is 0 Å². The zero-order valence-electron chi connectivity index (χ0n) is 10.3. The maximum atomic E-state index is 13.4. The average molecular weight is 279 g/mol. The number of hydrogen-bond acceptors (Lipinski definition) is 3. The third kappa shape index (κ3) is 3.72. The molecule has 1 aliphatic heterocycles. The van der Waals surface area contributed by atoms with Gasteiger partial charge in [0.2, 0.25) is 5.91 Å². The van der Waals surface area contributed by atoms with Crippen molar-refractivity contribution in [3.63, 3.8) is 0 Å². The molecule has 1 fully saturated rings. The summed E-state index contributed by atoms with van der Waals surface area (Å²) in [4.78, 5) is 11.9. The topological polar surface area (TPSA) is 49.3 Å². The van der Waals surface area contributed by atoms with Crippen LogP contribution in [0.2, 0.25) is 0 Å². The number of halogens is 1. The van der Waals surface area contributed by atoms with Gasteiger partial charge in [-0.15, -0.1) is 0 Å². The lowest BCUT2D eigenvalue weighted by Gasteiger charge is -2.10. The van der Waals surface area contributed by atoms with Gasteiger partial charge in [-0.25, -0.2) is 4.39 Å². The molecule has 1 unspecified atom stereocenters. The van der Waals surface area contributed by atoms with Crippen molar-refractivity contribution in [2.24, 2.45) is 5.92 Å². The Morgan fingerprint density at radius 1 is 1.58 bits per heavy atom. The molecule has 1 saturated heterocycles. The summed E-state index contributed by atoms with van der Waals surface area (Å²) in [6, 6.07) is 4.26. The van der Waals surface area contributed by atoms with Gasteiger partial charge < -0.3 is 10.4 Å². The van der Waals surface area contributed by atoms with Gasteiger partial charge in [-0.3, -0.25) is 4.79 Å². The molecule has 5 heteroatoms. The molecule has 100 valence electrons. The van der Waals surface area contributed by atoms with Crippen LogP contribution in [0.4, 0.5) is 10.1 Å². The first-order valence-corrected chi connectivity index (χ1v) is 7.14. The highest BCUT2D eigenvalue weighted by molar-refractivity contribution is 7.99. The van der Waals surface area contributed by atoms with Gasteiger partial charge in [0.25, 0.3) is 0 Å². The minimum absolute atomic E-state index is 0.0297. The molecule has 2 rings (SSSR count). The lowest BCUT2D eigenvalue weighted by Crippen LogP contribution is -2.22. The Hall–Kier alpha value is -1.51. The van der Waals surface area contributed by atoms with E-state index in [9.17, 15) is 9.18 Å². The quantitative estimate of drug-likeness (QED) is 0.812. The number of carbonyl (C=O) groups excluding carboxylic acids is 1. The highest BCUT2D eigenvalue weighted by atomic mass is 32.2. The minimum Gasteiger partial charge on any atom is -0.384 e. The van der Waals surface area contributed by atoms with E-state index in [-0.39, 0.29) is 24.0 Å². The average Bonchev–Trinajstić information content (AvgIpc) is 2.93. The van der Waals surface area contributed by atoms with Crippen LogP contribution in [0.3, 0.4) is 0 Å². The Bertz CT molecular complexity index is 530. The fourth-order valence-electron chi connectivity index (χ4n) is 1.82. The predicted octanol–water partition coefficient (Wildman–Crippen LogP) is 1.86. The minimum atomic E-state index is -0.463. The number of nitrogens with one attached hydrogen (secondary N) is 1. The van der Waals surface area contributed by atoms with Crippen LogP contribution >= 0.6 is 11.8 Å². The van der Waals surface area contributed by atoms with E-state index >= 15 is 0 Å². The largest absolute Gasteiger partial charge is 0.384 e. The second-order valence-corrected chi connectivity index (χ2v) is 5.35. The van der Waals surface area contributed by atoms with Gasteiger partial charge in [0, 0.05) is 17.4 Å². The summed E-state index contributed by atoms with van der Waals surface area (Å²) in [5, 5.41) is 11.4. The standard InChI is InChI=1S/C14H14FNO2S/c15-13-4-3-12(8-10(13)2-1-6-17)16-14(18)11-5-7-19-9-11/h3-4,8,11,17H,5-7,9H2,(H,16,18). The molecule has 3 nitrogen and oxygen atoms in total. The molecule has 0 saturated carbocycles. The molecule has 0 aliphatic carbocycles. The number of aliphatic hydroxyl groups excluding tert-OH is 1. The monoisotopic (exact) mass is 279 g/mol. The molecule has 1 atom stereocenters. The van der Waals surface area contributed by atoms with Crippen molar-refractivity contribution in [2.45, 2.75) is 6.42 Å². The maximum Gasteiger partial charge on any atom is 0.228 e. The predicted molar refractivity (Wildman–Crippen MR) is 74.4 cm³/mol. The first-order chi connectivity index (χ1) is 9.20. The molecule has 1 aliphatic rings. The number of aliphatic hydroxyl groups is 1. The highest BCUT2D eigenvalue weighted by Gasteiger charge is 2.23. The number of hydrogen-bond donors (Lipinski definition) is 2. The lowest BCUT2D eigenvalue weighted by atomic mass is 10.1. The molecule has 0 spiro atoms. The third-order valence-electron chi connectivity index (χ3n) is 2.84. The summed E-state index contributed by atoms with van der Waals surface area (Å²) in [6.45, 7) is -0.324. The van der Waals surface area contributed by atoms with E-state index in [0.717, 1.165) is 17.9 Å². The van der Waals surface area contributed by atoms with Crippen molar-refractivity contribution in [3.05, 3.63) is 29.6 Å². The van der Waals surface area contributed by atoms with Crippen LogP contribution in [0.1, 0.15) is 12.0 Å². The number of carbonyl (C=O) groups is 1. The van der Waals surface area contributed by atoms with Gasteiger partial charge in [-0.1, -0.05) is 11.8 Å². The van der Waals surface area contributed by atoms with E-state index in [0.29, 0.717) is 5.69 Å². The van der Waals surface area contributed by atoms with Crippen LogP contribution in [0, 0.1) is 23.6 Å². The summed E-state index contributed by atoms with van der Waals surface area (Å²) in [7, 11) is 0. The smallest absolute Gasteiger partial charge is 0.228 e. The molecule has 1 aromatic rings. The molecule has 0 radical (unpaired) electrons. The van der Waals surface area contributed by atoms with E-state index in [4.69, 9.17) is 5.11 Å². The summed E-state index contributed by atoms with van der Waals surface area (Å²) in [5.41, 5.74) is 0.707. The molecule has 0 bridgehead atoms. The summed E-state index contributed by atoms with van der Waals surface area (Å²) >= 11 is 1.77. The van der Waals surface area contributed by atoms with E-state index in [1.165, 1.54) is 18.2 Å². The van der Waals surface area contributed by atoms with Crippen LogP contribution in [-0.4, -0.2) is 29.1 Å². The van der Waals surface area contributed by atoms with Crippen LogP contribution in [-0.2, 0) is 4.79 Å². The van der Waals surface area contributed by atoms with E-state index < -0.39 is 5.82 Å². The van der Waals surface area contributed by atoms with Crippen molar-refractivity contribution in [2.75, 3.05) is 23.4 Å². The molecular weight excluding hydrogens is 265 g/mol. The normalized spacial score (nSPS) is 17.7. The first-order valence-electron chi connectivity index (χ1n) is 5.98. The van der Waals surface area contributed by atoms with Gasteiger partial charge >= 0.3 is 0 Å².